The summed E-state index contributed by atoms with van der Waals surface area (Å²) in [5, 5.41) is 0. The molecule has 0 radical (unpaired) electrons. The molecule has 0 saturated carbocycles. The molecule has 0 aliphatic heterocycles. The molecule has 4 heteroatoms. The van der Waals surface area contributed by atoms with Crippen LogP contribution in [0.5, 0.6) is 0 Å². The Kier molecular flexibility index (Phi) is 6.19. The number of rotatable bonds is 7. The van der Waals surface area contributed by atoms with Crippen molar-refractivity contribution in [2.75, 3.05) is 7.11 Å². The first-order valence-electron chi connectivity index (χ1n) is 6.71. The van der Waals surface area contributed by atoms with Crippen LogP contribution in [-0.2, 0) is 16.0 Å². The monoisotopic (exact) mass is 263 g/mol. The lowest BCUT2D eigenvalue weighted by molar-refractivity contribution is -0.143. The first-order chi connectivity index (χ1) is 9.15. The maximum Gasteiger partial charge on any atom is 0.316 e. The number of pyridine rings is 1. The van der Waals surface area contributed by atoms with E-state index in [9.17, 15) is 9.59 Å². The molecule has 0 N–H and O–H groups in total. The van der Waals surface area contributed by atoms with Gasteiger partial charge in [-0.1, -0.05) is 32.8 Å². The molecule has 0 bridgehead atoms. The van der Waals surface area contributed by atoms with Crippen LogP contribution in [0.25, 0.3) is 0 Å². The van der Waals surface area contributed by atoms with Gasteiger partial charge in [-0.15, -0.1) is 0 Å². The molecule has 0 amide bonds. The predicted molar refractivity (Wildman–Crippen MR) is 73.0 cm³/mol. The van der Waals surface area contributed by atoms with E-state index in [1.54, 1.807) is 12.3 Å². The minimum Gasteiger partial charge on any atom is -0.468 e. The number of hydrogen-bond acceptors (Lipinski definition) is 4. The Labute approximate surface area is 114 Å². The standard InChI is InChI=1S/C15H21NO3/c1-4-6-9-12(15(18)19-3)14(17)13-11(5-2)8-7-10-16-13/h7-8,10,12H,4-6,9H2,1-3H3. The second-order valence-corrected chi connectivity index (χ2v) is 4.45. The summed E-state index contributed by atoms with van der Waals surface area (Å²) >= 11 is 0. The van der Waals surface area contributed by atoms with E-state index < -0.39 is 11.9 Å². The highest BCUT2D eigenvalue weighted by Gasteiger charge is 2.29. The van der Waals surface area contributed by atoms with Crippen molar-refractivity contribution in [2.24, 2.45) is 5.92 Å². The molecule has 0 aliphatic carbocycles. The zero-order valence-electron chi connectivity index (χ0n) is 11.8. The smallest absolute Gasteiger partial charge is 0.316 e. The molecule has 1 aromatic rings. The number of ether oxygens (including phenoxy) is 1. The van der Waals surface area contributed by atoms with Gasteiger partial charge in [0.05, 0.1) is 7.11 Å². The SMILES string of the molecule is CCCCC(C(=O)OC)C(=O)c1ncccc1CC. The van der Waals surface area contributed by atoms with E-state index in [2.05, 4.69) is 4.98 Å². The van der Waals surface area contributed by atoms with Gasteiger partial charge in [0.1, 0.15) is 11.6 Å². The van der Waals surface area contributed by atoms with E-state index in [1.807, 2.05) is 19.9 Å². The van der Waals surface area contributed by atoms with Crippen LogP contribution in [-0.4, -0.2) is 23.8 Å². The molecule has 1 atom stereocenters. The number of nitrogens with zero attached hydrogens (tertiary/aromatic N) is 1. The first-order valence-corrected chi connectivity index (χ1v) is 6.71. The van der Waals surface area contributed by atoms with Gasteiger partial charge in [0.2, 0.25) is 0 Å². The highest BCUT2D eigenvalue weighted by molar-refractivity contribution is 6.08. The van der Waals surface area contributed by atoms with Gasteiger partial charge in [-0.3, -0.25) is 14.6 Å². The maximum atomic E-state index is 12.5. The Balaban J connectivity index is 3.01. The summed E-state index contributed by atoms with van der Waals surface area (Å²) in [6, 6.07) is 3.67. The summed E-state index contributed by atoms with van der Waals surface area (Å²) in [7, 11) is 1.31. The Hall–Kier alpha value is -1.71. The molecule has 1 rings (SSSR count). The fraction of sp³-hybridized carbons (Fsp3) is 0.533. The van der Waals surface area contributed by atoms with E-state index >= 15 is 0 Å². The van der Waals surface area contributed by atoms with Gasteiger partial charge < -0.3 is 4.74 Å². The fourth-order valence-electron chi connectivity index (χ4n) is 2.02. The van der Waals surface area contributed by atoms with E-state index in [1.165, 1.54) is 7.11 Å². The zero-order valence-corrected chi connectivity index (χ0v) is 11.8. The molecule has 0 saturated heterocycles. The van der Waals surface area contributed by atoms with Crippen molar-refractivity contribution < 1.29 is 14.3 Å². The van der Waals surface area contributed by atoms with E-state index in [4.69, 9.17) is 4.74 Å². The number of Topliss-reactive ketones (excluding diaryl/α,β-unsaturated/α-hetero) is 1. The van der Waals surface area contributed by atoms with Crippen molar-refractivity contribution in [3.05, 3.63) is 29.6 Å². The molecular weight excluding hydrogens is 242 g/mol. The molecule has 19 heavy (non-hydrogen) atoms. The van der Waals surface area contributed by atoms with Crippen molar-refractivity contribution in [3.63, 3.8) is 0 Å². The Morgan fingerprint density at radius 1 is 1.37 bits per heavy atom. The van der Waals surface area contributed by atoms with Gasteiger partial charge in [0.15, 0.2) is 5.78 Å². The van der Waals surface area contributed by atoms with Crippen molar-refractivity contribution >= 4 is 11.8 Å². The lowest BCUT2D eigenvalue weighted by Crippen LogP contribution is -2.27. The van der Waals surface area contributed by atoms with Crippen molar-refractivity contribution in [1.82, 2.24) is 4.98 Å². The number of carbonyl (C=O) groups is 2. The van der Waals surface area contributed by atoms with Crippen molar-refractivity contribution in [2.45, 2.75) is 39.5 Å². The molecule has 0 spiro atoms. The van der Waals surface area contributed by atoms with Gasteiger partial charge in [-0.2, -0.15) is 0 Å². The molecule has 0 aromatic carbocycles. The summed E-state index contributed by atoms with van der Waals surface area (Å²) < 4.78 is 4.74. The molecule has 104 valence electrons. The normalized spacial score (nSPS) is 11.9. The molecule has 0 aliphatic rings. The molecule has 1 heterocycles. The number of esters is 1. The quantitative estimate of drug-likeness (QED) is 0.431. The van der Waals surface area contributed by atoms with Crippen LogP contribution in [0.4, 0.5) is 0 Å². The molecule has 0 fully saturated rings. The number of hydrogen-bond donors (Lipinski definition) is 0. The predicted octanol–water partition coefficient (Wildman–Crippen LogP) is 2.81. The lowest BCUT2D eigenvalue weighted by Gasteiger charge is -2.14. The van der Waals surface area contributed by atoms with Crippen LogP contribution in [0.3, 0.4) is 0 Å². The highest BCUT2D eigenvalue weighted by atomic mass is 16.5. The molecule has 4 nitrogen and oxygen atoms in total. The minimum atomic E-state index is -0.731. The Morgan fingerprint density at radius 3 is 2.68 bits per heavy atom. The van der Waals surface area contributed by atoms with Gasteiger partial charge in [0, 0.05) is 6.20 Å². The number of aromatic nitrogens is 1. The van der Waals surface area contributed by atoms with Crippen LogP contribution >= 0.6 is 0 Å². The highest BCUT2D eigenvalue weighted by Crippen LogP contribution is 2.18. The third-order valence-corrected chi connectivity index (χ3v) is 3.15. The lowest BCUT2D eigenvalue weighted by atomic mass is 9.93. The average Bonchev–Trinajstić information content (AvgIpc) is 2.46. The topological polar surface area (TPSA) is 56.3 Å². The second kappa shape index (κ2) is 7.67. The third kappa shape index (κ3) is 3.88. The largest absolute Gasteiger partial charge is 0.468 e. The van der Waals surface area contributed by atoms with Crippen molar-refractivity contribution in [1.29, 1.82) is 0 Å². The number of carbonyl (C=O) groups excluding carboxylic acids is 2. The summed E-state index contributed by atoms with van der Waals surface area (Å²) in [4.78, 5) is 28.4. The van der Waals surface area contributed by atoms with Crippen LogP contribution in [0.1, 0.15) is 49.2 Å². The van der Waals surface area contributed by atoms with Gasteiger partial charge in [0.25, 0.3) is 0 Å². The molecular formula is C15H21NO3. The van der Waals surface area contributed by atoms with Crippen molar-refractivity contribution in [3.8, 4) is 0 Å². The average molecular weight is 263 g/mol. The Morgan fingerprint density at radius 2 is 2.11 bits per heavy atom. The van der Waals surface area contributed by atoms with Gasteiger partial charge >= 0.3 is 5.97 Å². The van der Waals surface area contributed by atoms with Crippen LogP contribution in [0.15, 0.2) is 18.3 Å². The summed E-state index contributed by atoms with van der Waals surface area (Å²) in [6.07, 6.45) is 4.57. The van der Waals surface area contributed by atoms with Crippen LogP contribution in [0, 0.1) is 5.92 Å². The van der Waals surface area contributed by atoms with Gasteiger partial charge in [-0.25, -0.2) is 0 Å². The second-order valence-electron chi connectivity index (χ2n) is 4.45. The number of ketones is 1. The van der Waals surface area contributed by atoms with E-state index in [0.717, 1.165) is 24.8 Å². The number of unbranched alkanes of at least 4 members (excludes halogenated alkanes) is 1. The van der Waals surface area contributed by atoms with Crippen LogP contribution < -0.4 is 0 Å². The number of methoxy groups -OCH3 is 1. The molecule has 1 unspecified atom stereocenters. The van der Waals surface area contributed by atoms with Crippen LogP contribution in [0.2, 0.25) is 0 Å². The third-order valence-electron chi connectivity index (χ3n) is 3.15. The van der Waals surface area contributed by atoms with E-state index in [-0.39, 0.29) is 5.78 Å². The first kappa shape index (κ1) is 15.3. The summed E-state index contributed by atoms with van der Waals surface area (Å²) in [5.41, 5.74) is 1.27. The Bertz CT molecular complexity index is 443. The summed E-state index contributed by atoms with van der Waals surface area (Å²) in [5.74, 6) is -1.42. The zero-order chi connectivity index (χ0) is 14.3. The van der Waals surface area contributed by atoms with E-state index in [0.29, 0.717) is 12.1 Å². The minimum absolute atomic E-state index is 0.224. The summed E-state index contributed by atoms with van der Waals surface area (Å²) in [6.45, 7) is 3.99. The molecule has 1 aromatic heterocycles. The number of aryl methyl sites for hydroxylation is 1. The fourth-order valence-corrected chi connectivity index (χ4v) is 2.02. The maximum absolute atomic E-state index is 12.5. The van der Waals surface area contributed by atoms with Gasteiger partial charge in [-0.05, 0) is 24.5 Å².